The van der Waals surface area contributed by atoms with E-state index in [1.807, 2.05) is 66.7 Å². The highest BCUT2D eigenvalue weighted by Gasteiger charge is 2.36. The average molecular weight is 511 g/mol. The van der Waals surface area contributed by atoms with Crippen LogP contribution in [0.3, 0.4) is 0 Å². The molecular weight excluding hydrogens is 484 g/mol. The maximum Gasteiger partial charge on any atom is 0.246 e. The lowest BCUT2D eigenvalue weighted by Gasteiger charge is -2.31. The monoisotopic (exact) mass is 510 g/mol. The van der Waals surface area contributed by atoms with Gasteiger partial charge >= 0.3 is 0 Å². The van der Waals surface area contributed by atoms with Gasteiger partial charge in [0.25, 0.3) is 0 Å². The first-order valence-corrected chi connectivity index (χ1v) is 12.0. The standard InChI is InChI=1S/C29H26N4O5/c1-36-25-16-20(8-10-24(25)38-21-5-3-2-4-6-21)33-28-22-15-19(7-9-23(22)31-18-32-28)11-12-29(35)13-14-37-26(17-29)27(30)34/h2-10,15-16,18,26,35H,13-14,17H2,1H3,(H2,30,34)(H,31,32,33). The van der Waals surface area contributed by atoms with E-state index in [-0.39, 0.29) is 13.0 Å². The van der Waals surface area contributed by atoms with Crippen molar-refractivity contribution >= 4 is 28.3 Å². The zero-order valence-corrected chi connectivity index (χ0v) is 20.7. The number of amides is 1. The largest absolute Gasteiger partial charge is 0.493 e. The van der Waals surface area contributed by atoms with E-state index in [4.69, 9.17) is 19.9 Å². The Balaban J connectivity index is 1.40. The van der Waals surface area contributed by atoms with E-state index in [2.05, 4.69) is 27.1 Å². The molecule has 1 amide bonds. The van der Waals surface area contributed by atoms with Crippen LogP contribution >= 0.6 is 0 Å². The molecule has 1 aromatic heterocycles. The van der Waals surface area contributed by atoms with Gasteiger partial charge in [0, 0.05) is 35.5 Å². The summed E-state index contributed by atoms with van der Waals surface area (Å²) in [6.07, 6.45) is 0.948. The lowest BCUT2D eigenvalue weighted by molar-refractivity contribution is -0.140. The second-order valence-electron chi connectivity index (χ2n) is 8.86. The Morgan fingerprint density at radius 1 is 1.13 bits per heavy atom. The van der Waals surface area contributed by atoms with Crippen molar-refractivity contribution in [1.82, 2.24) is 9.97 Å². The molecule has 9 nitrogen and oxygen atoms in total. The molecule has 5 rings (SSSR count). The van der Waals surface area contributed by atoms with Crippen LogP contribution < -0.4 is 20.5 Å². The van der Waals surface area contributed by atoms with Crippen molar-refractivity contribution in [1.29, 1.82) is 0 Å². The molecule has 192 valence electrons. The summed E-state index contributed by atoms with van der Waals surface area (Å²) in [5.41, 5.74) is 6.11. The molecule has 1 aliphatic rings. The van der Waals surface area contributed by atoms with Gasteiger partial charge in [0.05, 0.1) is 19.2 Å². The SMILES string of the molecule is COc1cc(Nc2ncnc3ccc(C#CC4(O)CCOC(C(N)=O)C4)cc23)ccc1Oc1ccccc1. The number of hydrogen-bond acceptors (Lipinski definition) is 8. The van der Waals surface area contributed by atoms with E-state index in [0.717, 1.165) is 16.6 Å². The number of nitrogens with zero attached hydrogens (tertiary/aromatic N) is 2. The lowest BCUT2D eigenvalue weighted by atomic mass is 9.90. The molecule has 2 atom stereocenters. The van der Waals surface area contributed by atoms with Gasteiger partial charge in [-0.2, -0.15) is 0 Å². The number of carbonyl (C=O) groups excluding carboxylic acids is 1. The van der Waals surface area contributed by atoms with Gasteiger partial charge in [-0.25, -0.2) is 9.97 Å². The number of anilines is 2. The topological polar surface area (TPSA) is 129 Å². The smallest absolute Gasteiger partial charge is 0.246 e. The molecule has 3 aromatic carbocycles. The predicted octanol–water partition coefficient (Wildman–Crippen LogP) is 3.92. The van der Waals surface area contributed by atoms with Crippen molar-refractivity contribution in [3.05, 3.63) is 78.6 Å². The van der Waals surface area contributed by atoms with Crippen molar-refractivity contribution in [3.8, 4) is 29.1 Å². The van der Waals surface area contributed by atoms with Gasteiger partial charge in [-0.1, -0.05) is 30.0 Å². The fourth-order valence-corrected chi connectivity index (χ4v) is 4.14. The van der Waals surface area contributed by atoms with E-state index in [1.165, 1.54) is 6.33 Å². The number of methoxy groups -OCH3 is 1. The van der Waals surface area contributed by atoms with Gasteiger partial charge in [0.15, 0.2) is 11.5 Å². The van der Waals surface area contributed by atoms with Crippen LogP contribution in [0.2, 0.25) is 0 Å². The van der Waals surface area contributed by atoms with Crippen LogP contribution in [0.25, 0.3) is 10.9 Å². The highest BCUT2D eigenvalue weighted by Crippen LogP contribution is 2.35. The minimum absolute atomic E-state index is 0.0324. The highest BCUT2D eigenvalue weighted by atomic mass is 16.5. The molecule has 4 N–H and O–H groups in total. The third-order valence-electron chi connectivity index (χ3n) is 6.15. The van der Waals surface area contributed by atoms with Gasteiger partial charge in [-0.3, -0.25) is 4.79 Å². The molecule has 0 aliphatic carbocycles. The Morgan fingerprint density at radius 2 is 1.97 bits per heavy atom. The molecule has 0 saturated carbocycles. The molecule has 0 spiro atoms. The number of nitrogens with two attached hydrogens (primary N) is 1. The van der Waals surface area contributed by atoms with Gasteiger partial charge in [0.1, 0.15) is 29.6 Å². The van der Waals surface area contributed by atoms with E-state index in [9.17, 15) is 9.90 Å². The van der Waals surface area contributed by atoms with Crippen molar-refractivity contribution in [2.45, 2.75) is 24.5 Å². The predicted molar refractivity (Wildman–Crippen MR) is 142 cm³/mol. The number of benzene rings is 3. The Hall–Kier alpha value is -4.65. The van der Waals surface area contributed by atoms with E-state index in [0.29, 0.717) is 35.1 Å². The number of nitrogens with one attached hydrogen (secondary N) is 1. The normalized spacial score (nSPS) is 18.7. The van der Waals surface area contributed by atoms with Crippen LogP contribution in [0.15, 0.2) is 73.1 Å². The van der Waals surface area contributed by atoms with E-state index < -0.39 is 17.6 Å². The summed E-state index contributed by atoms with van der Waals surface area (Å²) in [5.74, 6) is 7.73. The third-order valence-corrected chi connectivity index (χ3v) is 6.15. The van der Waals surface area contributed by atoms with Crippen LogP contribution in [-0.4, -0.2) is 46.4 Å². The second kappa shape index (κ2) is 10.8. The summed E-state index contributed by atoms with van der Waals surface area (Å²) in [7, 11) is 1.58. The fraction of sp³-hybridized carbons (Fsp3) is 0.207. The molecular formula is C29H26N4O5. The van der Waals surface area contributed by atoms with Gasteiger partial charge < -0.3 is 30.4 Å². The maximum absolute atomic E-state index is 11.5. The molecule has 0 radical (unpaired) electrons. The lowest BCUT2D eigenvalue weighted by Crippen LogP contribution is -2.45. The summed E-state index contributed by atoms with van der Waals surface area (Å²) in [4.78, 5) is 20.3. The van der Waals surface area contributed by atoms with Crippen LogP contribution in [0, 0.1) is 11.8 Å². The number of carbonyl (C=O) groups is 1. The molecule has 38 heavy (non-hydrogen) atoms. The zero-order chi connectivity index (χ0) is 26.5. The number of aliphatic hydroxyl groups is 1. The fourth-order valence-electron chi connectivity index (χ4n) is 4.14. The van der Waals surface area contributed by atoms with E-state index in [1.54, 1.807) is 7.11 Å². The van der Waals surface area contributed by atoms with Crippen LogP contribution in [0.1, 0.15) is 18.4 Å². The Labute approximate surface area is 219 Å². The van der Waals surface area contributed by atoms with Crippen molar-refractivity contribution in [2.24, 2.45) is 5.73 Å². The van der Waals surface area contributed by atoms with Gasteiger partial charge in [0.2, 0.25) is 5.91 Å². The molecule has 2 heterocycles. The van der Waals surface area contributed by atoms with Crippen LogP contribution in [0.4, 0.5) is 11.5 Å². The van der Waals surface area contributed by atoms with Crippen LogP contribution in [-0.2, 0) is 9.53 Å². The minimum Gasteiger partial charge on any atom is -0.493 e. The average Bonchev–Trinajstić information content (AvgIpc) is 2.93. The summed E-state index contributed by atoms with van der Waals surface area (Å²) in [5, 5.41) is 14.9. The van der Waals surface area contributed by atoms with Crippen LogP contribution in [0.5, 0.6) is 17.2 Å². The number of para-hydroxylation sites is 1. The minimum atomic E-state index is -1.36. The molecule has 1 saturated heterocycles. The highest BCUT2D eigenvalue weighted by molar-refractivity contribution is 5.91. The summed E-state index contributed by atoms with van der Waals surface area (Å²) < 4.78 is 16.8. The number of primary amides is 1. The summed E-state index contributed by atoms with van der Waals surface area (Å²) in [6.45, 7) is 0.205. The Kier molecular flexibility index (Phi) is 7.09. The zero-order valence-electron chi connectivity index (χ0n) is 20.7. The number of fused-ring (bicyclic) bond motifs is 1. The number of ether oxygens (including phenoxy) is 3. The van der Waals surface area contributed by atoms with Crippen molar-refractivity contribution in [2.75, 3.05) is 19.0 Å². The first-order valence-electron chi connectivity index (χ1n) is 12.0. The molecule has 0 bridgehead atoms. The second-order valence-corrected chi connectivity index (χ2v) is 8.86. The first-order chi connectivity index (χ1) is 18.4. The summed E-state index contributed by atoms with van der Waals surface area (Å²) in [6, 6.07) is 20.5. The van der Waals surface area contributed by atoms with Crippen molar-refractivity contribution < 1.29 is 24.1 Å². The number of rotatable bonds is 6. The third kappa shape index (κ3) is 5.67. The molecule has 1 fully saturated rings. The van der Waals surface area contributed by atoms with Crippen molar-refractivity contribution in [3.63, 3.8) is 0 Å². The Bertz CT molecular complexity index is 1530. The maximum atomic E-state index is 11.5. The molecule has 1 aliphatic heterocycles. The van der Waals surface area contributed by atoms with Gasteiger partial charge in [-0.05, 0) is 42.5 Å². The van der Waals surface area contributed by atoms with Gasteiger partial charge in [-0.15, -0.1) is 0 Å². The molecule has 2 unspecified atom stereocenters. The first kappa shape index (κ1) is 25.0. The number of aromatic nitrogens is 2. The quantitative estimate of drug-likeness (QED) is 0.333. The summed E-state index contributed by atoms with van der Waals surface area (Å²) >= 11 is 0. The van der Waals surface area contributed by atoms with E-state index >= 15 is 0 Å². The number of hydrogen-bond donors (Lipinski definition) is 3. The molecule has 4 aromatic rings. The Morgan fingerprint density at radius 3 is 2.76 bits per heavy atom. The molecule has 9 heteroatoms.